The largest absolute Gasteiger partial charge is 0.483 e. The molecule has 2 N–H and O–H groups in total. The number of benzene rings is 1. The van der Waals surface area contributed by atoms with E-state index in [1.807, 2.05) is 39.8 Å². The summed E-state index contributed by atoms with van der Waals surface area (Å²) >= 11 is 0. The smallest absolute Gasteiger partial charge is 0.258 e. The number of hydrogen-bond donors (Lipinski definition) is 2. The van der Waals surface area contributed by atoms with Crippen molar-refractivity contribution in [2.24, 2.45) is 0 Å². The molecule has 116 valence electrons. The second-order valence-corrected chi connectivity index (χ2v) is 6.81. The summed E-state index contributed by atoms with van der Waals surface area (Å²) in [5, 5.41) is 6.39. The lowest BCUT2D eigenvalue weighted by Crippen LogP contribution is -2.43. The van der Waals surface area contributed by atoms with Gasteiger partial charge in [-0.15, -0.1) is 0 Å². The monoisotopic (exact) mass is 290 g/mol. The van der Waals surface area contributed by atoms with Crippen LogP contribution in [-0.2, 0) is 11.3 Å². The molecule has 0 bridgehead atoms. The van der Waals surface area contributed by atoms with Crippen LogP contribution in [-0.4, -0.2) is 24.1 Å². The molecular formula is C17H26N2O2. The zero-order valence-electron chi connectivity index (χ0n) is 13.5. The lowest BCUT2D eigenvalue weighted by atomic mass is 10.1. The highest BCUT2D eigenvalue weighted by molar-refractivity contribution is 5.78. The molecule has 1 aliphatic carbocycles. The normalized spacial score (nSPS) is 14.9. The molecule has 0 spiro atoms. The van der Waals surface area contributed by atoms with Crippen LogP contribution in [0.25, 0.3) is 0 Å². The van der Waals surface area contributed by atoms with E-state index >= 15 is 0 Å². The average Bonchev–Trinajstić information content (AvgIpc) is 3.17. The third-order valence-corrected chi connectivity index (χ3v) is 3.31. The van der Waals surface area contributed by atoms with Gasteiger partial charge in [-0.05, 0) is 46.1 Å². The van der Waals surface area contributed by atoms with Crippen LogP contribution in [0.4, 0.5) is 0 Å². The molecule has 4 nitrogen and oxygen atoms in total. The quantitative estimate of drug-likeness (QED) is 0.846. The van der Waals surface area contributed by atoms with Crippen molar-refractivity contribution in [1.82, 2.24) is 10.6 Å². The summed E-state index contributed by atoms with van der Waals surface area (Å²) < 4.78 is 5.78. The van der Waals surface area contributed by atoms with Crippen molar-refractivity contribution < 1.29 is 9.53 Å². The predicted octanol–water partition coefficient (Wildman–Crippen LogP) is 2.54. The fourth-order valence-electron chi connectivity index (χ4n) is 2.19. The van der Waals surface area contributed by atoms with Crippen LogP contribution in [0.3, 0.4) is 0 Å². The Morgan fingerprint density at radius 3 is 2.67 bits per heavy atom. The molecular weight excluding hydrogens is 264 g/mol. The fraction of sp³-hybridized carbons (Fsp3) is 0.588. The molecule has 0 aromatic heterocycles. The van der Waals surface area contributed by atoms with E-state index in [2.05, 4.69) is 16.7 Å². The molecule has 1 saturated carbocycles. The van der Waals surface area contributed by atoms with Gasteiger partial charge in [-0.25, -0.2) is 0 Å². The highest BCUT2D eigenvalue weighted by atomic mass is 16.5. The third kappa shape index (κ3) is 5.38. The van der Waals surface area contributed by atoms with Crippen molar-refractivity contribution >= 4 is 5.91 Å². The van der Waals surface area contributed by atoms with E-state index in [-0.39, 0.29) is 18.1 Å². The van der Waals surface area contributed by atoms with Gasteiger partial charge in [-0.1, -0.05) is 18.2 Å². The molecule has 0 atom stereocenters. The molecule has 0 heterocycles. The Kier molecular flexibility index (Phi) is 4.88. The Labute approximate surface area is 127 Å². The topological polar surface area (TPSA) is 50.4 Å². The van der Waals surface area contributed by atoms with Gasteiger partial charge in [0.2, 0.25) is 0 Å². The van der Waals surface area contributed by atoms with Crippen molar-refractivity contribution in [3.8, 4) is 5.75 Å². The van der Waals surface area contributed by atoms with Gasteiger partial charge in [0.15, 0.2) is 6.61 Å². The van der Waals surface area contributed by atoms with Gasteiger partial charge in [0, 0.05) is 23.7 Å². The molecule has 0 unspecified atom stereocenters. The molecule has 1 aromatic carbocycles. The van der Waals surface area contributed by atoms with Crippen LogP contribution in [0, 0.1) is 6.92 Å². The summed E-state index contributed by atoms with van der Waals surface area (Å²) in [7, 11) is 0. The van der Waals surface area contributed by atoms with E-state index in [1.54, 1.807) is 0 Å². The Bertz CT molecular complexity index is 502. The first-order chi connectivity index (χ1) is 9.85. The molecule has 1 amide bonds. The zero-order chi connectivity index (χ0) is 15.5. The second kappa shape index (κ2) is 6.48. The molecule has 21 heavy (non-hydrogen) atoms. The lowest BCUT2D eigenvalue weighted by molar-refractivity contribution is -0.124. The fourth-order valence-corrected chi connectivity index (χ4v) is 2.19. The maximum atomic E-state index is 11.9. The summed E-state index contributed by atoms with van der Waals surface area (Å²) in [6.07, 6.45) is 2.52. The van der Waals surface area contributed by atoms with Crippen molar-refractivity contribution in [3.05, 3.63) is 29.3 Å². The number of hydrogen-bond acceptors (Lipinski definition) is 3. The van der Waals surface area contributed by atoms with Gasteiger partial charge in [0.25, 0.3) is 5.91 Å². The van der Waals surface area contributed by atoms with Gasteiger partial charge in [-0.3, -0.25) is 4.79 Å². The van der Waals surface area contributed by atoms with E-state index in [9.17, 15) is 4.79 Å². The number of amides is 1. The van der Waals surface area contributed by atoms with Crippen molar-refractivity contribution in [2.75, 3.05) is 6.61 Å². The SMILES string of the molecule is Cc1cccc(CNC2CC2)c1OCC(=O)NC(C)(C)C. The summed E-state index contributed by atoms with van der Waals surface area (Å²) in [6.45, 7) is 8.75. The molecule has 1 aliphatic rings. The van der Waals surface area contributed by atoms with Gasteiger partial charge >= 0.3 is 0 Å². The van der Waals surface area contributed by atoms with E-state index in [1.165, 1.54) is 12.8 Å². The van der Waals surface area contributed by atoms with E-state index in [0.29, 0.717) is 6.04 Å². The molecule has 1 fully saturated rings. The third-order valence-electron chi connectivity index (χ3n) is 3.31. The zero-order valence-corrected chi connectivity index (χ0v) is 13.5. The first-order valence-electron chi connectivity index (χ1n) is 7.61. The van der Waals surface area contributed by atoms with Crippen LogP contribution < -0.4 is 15.4 Å². The molecule has 2 rings (SSSR count). The molecule has 4 heteroatoms. The maximum Gasteiger partial charge on any atom is 0.258 e. The molecule has 0 aliphatic heterocycles. The van der Waals surface area contributed by atoms with Crippen LogP contribution in [0.1, 0.15) is 44.7 Å². The van der Waals surface area contributed by atoms with Crippen molar-refractivity contribution in [2.45, 2.75) is 58.7 Å². The molecule has 0 saturated heterocycles. The summed E-state index contributed by atoms with van der Waals surface area (Å²) in [4.78, 5) is 11.9. The van der Waals surface area contributed by atoms with Crippen LogP contribution in [0.15, 0.2) is 18.2 Å². The number of rotatable bonds is 6. The van der Waals surface area contributed by atoms with Crippen molar-refractivity contribution in [1.29, 1.82) is 0 Å². The van der Waals surface area contributed by atoms with E-state index < -0.39 is 0 Å². The predicted molar refractivity (Wildman–Crippen MR) is 84.4 cm³/mol. The standard InChI is InChI=1S/C17H26N2O2/c1-12-6-5-7-13(10-18-14-8-9-14)16(12)21-11-15(20)19-17(2,3)4/h5-7,14,18H,8-11H2,1-4H3,(H,19,20). The van der Waals surface area contributed by atoms with Crippen LogP contribution in [0.5, 0.6) is 5.75 Å². The van der Waals surface area contributed by atoms with Crippen LogP contribution in [0.2, 0.25) is 0 Å². The Morgan fingerprint density at radius 1 is 1.33 bits per heavy atom. The van der Waals surface area contributed by atoms with E-state index in [0.717, 1.165) is 23.4 Å². The first kappa shape index (κ1) is 15.8. The van der Waals surface area contributed by atoms with Gasteiger partial charge in [0.05, 0.1) is 0 Å². The summed E-state index contributed by atoms with van der Waals surface area (Å²) in [6, 6.07) is 6.75. The number of carbonyl (C=O) groups is 1. The van der Waals surface area contributed by atoms with Gasteiger partial charge in [-0.2, -0.15) is 0 Å². The Morgan fingerprint density at radius 2 is 2.05 bits per heavy atom. The van der Waals surface area contributed by atoms with Crippen LogP contribution >= 0.6 is 0 Å². The average molecular weight is 290 g/mol. The number of carbonyl (C=O) groups excluding carboxylic acids is 1. The highest BCUT2D eigenvalue weighted by Gasteiger charge is 2.21. The van der Waals surface area contributed by atoms with E-state index in [4.69, 9.17) is 4.74 Å². The summed E-state index contributed by atoms with van der Waals surface area (Å²) in [5.41, 5.74) is 1.95. The van der Waals surface area contributed by atoms with Gasteiger partial charge in [0.1, 0.15) is 5.75 Å². The number of aryl methyl sites for hydroxylation is 1. The first-order valence-corrected chi connectivity index (χ1v) is 7.61. The number of ether oxygens (including phenoxy) is 1. The molecule has 0 radical (unpaired) electrons. The number of para-hydroxylation sites is 1. The Balaban J connectivity index is 1.95. The Hall–Kier alpha value is -1.55. The maximum absolute atomic E-state index is 11.9. The minimum atomic E-state index is -0.234. The minimum absolute atomic E-state index is 0.0541. The molecule has 1 aromatic rings. The second-order valence-electron chi connectivity index (χ2n) is 6.81. The lowest BCUT2D eigenvalue weighted by Gasteiger charge is -2.21. The minimum Gasteiger partial charge on any atom is -0.483 e. The highest BCUT2D eigenvalue weighted by Crippen LogP contribution is 2.25. The van der Waals surface area contributed by atoms with Crippen molar-refractivity contribution in [3.63, 3.8) is 0 Å². The summed E-state index contributed by atoms with van der Waals surface area (Å²) in [5.74, 6) is 0.738. The number of nitrogens with one attached hydrogen (secondary N) is 2. The van der Waals surface area contributed by atoms with Gasteiger partial charge < -0.3 is 15.4 Å².